The van der Waals surface area contributed by atoms with Crippen LogP contribution >= 0.6 is 0 Å². The molecule has 0 amide bonds. The number of esters is 1. The molecule has 0 saturated heterocycles. The number of Topliss-reactive ketones (excluding diaryl/α,β-unsaturated/α-hetero) is 1. The van der Waals surface area contributed by atoms with Gasteiger partial charge in [0.2, 0.25) is 6.79 Å². The van der Waals surface area contributed by atoms with Gasteiger partial charge < -0.3 is 24.8 Å². The van der Waals surface area contributed by atoms with E-state index < -0.39 is 5.97 Å². The molecule has 0 saturated carbocycles. The second-order valence-electron chi connectivity index (χ2n) is 8.90. The van der Waals surface area contributed by atoms with Crippen molar-refractivity contribution in [3.05, 3.63) is 58.8 Å². The number of allylic oxidation sites excluding steroid dienone is 1. The van der Waals surface area contributed by atoms with Gasteiger partial charge >= 0.3 is 5.97 Å². The lowest BCUT2D eigenvalue weighted by Crippen LogP contribution is -2.31. The summed E-state index contributed by atoms with van der Waals surface area (Å²) in [6.07, 6.45) is 1.19. The number of hydrogen-bond acceptors (Lipinski definition) is 7. The highest BCUT2D eigenvalue weighted by molar-refractivity contribution is 6.01. The zero-order chi connectivity index (χ0) is 21.8. The van der Waals surface area contributed by atoms with E-state index >= 15 is 0 Å². The van der Waals surface area contributed by atoms with Crippen LogP contribution in [0.15, 0.2) is 47.7 Å². The van der Waals surface area contributed by atoms with Crippen molar-refractivity contribution in [2.75, 3.05) is 24.5 Å². The first-order chi connectivity index (χ1) is 14.8. The third kappa shape index (κ3) is 3.40. The molecular weight excluding hydrogens is 396 g/mol. The average molecular weight is 420 g/mol. The molecule has 2 aliphatic heterocycles. The van der Waals surface area contributed by atoms with Crippen LogP contribution in [0.2, 0.25) is 0 Å². The first-order valence-electron chi connectivity index (χ1n) is 10.3. The Morgan fingerprint density at radius 2 is 1.87 bits per heavy atom. The van der Waals surface area contributed by atoms with Gasteiger partial charge in [-0.05, 0) is 47.7 Å². The van der Waals surface area contributed by atoms with Gasteiger partial charge in [0.25, 0.3) is 0 Å². The van der Waals surface area contributed by atoms with E-state index in [1.54, 1.807) is 12.1 Å². The van der Waals surface area contributed by atoms with Crippen molar-refractivity contribution in [3.63, 3.8) is 0 Å². The summed E-state index contributed by atoms with van der Waals surface area (Å²) in [5, 5.41) is 6.97. The van der Waals surface area contributed by atoms with E-state index in [4.69, 9.17) is 14.2 Å². The summed E-state index contributed by atoms with van der Waals surface area (Å²) in [4.78, 5) is 25.4. The van der Waals surface area contributed by atoms with Gasteiger partial charge in [0, 0.05) is 17.7 Å². The highest BCUT2D eigenvalue weighted by Crippen LogP contribution is 2.46. The normalized spacial score (nSPS) is 20.7. The number of anilines is 2. The van der Waals surface area contributed by atoms with Crippen LogP contribution in [-0.2, 0) is 9.53 Å². The molecule has 1 atom stereocenters. The van der Waals surface area contributed by atoms with Crippen LogP contribution in [-0.4, -0.2) is 25.7 Å². The fourth-order valence-electron chi connectivity index (χ4n) is 4.53. The Balaban J connectivity index is 1.64. The monoisotopic (exact) mass is 420 g/mol. The lowest BCUT2D eigenvalue weighted by Gasteiger charge is -2.34. The third-order valence-electron chi connectivity index (χ3n) is 5.96. The van der Waals surface area contributed by atoms with Crippen LogP contribution in [0.3, 0.4) is 0 Å². The Hall–Kier alpha value is -3.48. The molecule has 0 bridgehead atoms. The van der Waals surface area contributed by atoms with E-state index in [2.05, 4.69) is 24.5 Å². The molecule has 31 heavy (non-hydrogen) atoms. The number of ketones is 1. The maximum atomic E-state index is 13.3. The van der Waals surface area contributed by atoms with Crippen molar-refractivity contribution < 1.29 is 23.8 Å². The van der Waals surface area contributed by atoms with Crippen LogP contribution in [0.1, 0.15) is 48.7 Å². The molecule has 160 valence electrons. The molecule has 7 heteroatoms. The summed E-state index contributed by atoms with van der Waals surface area (Å²) in [5.41, 5.74) is 4.33. The largest absolute Gasteiger partial charge is 0.465 e. The van der Waals surface area contributed by atoms with Crippen molar-refractivity contribution in [3.8, 4) is 11.5 Å². The number of hydrogen-bond donors (Lipinski definition) is 2. The number of nitrogens with one attached hydrogen (secondary N) is 2. The van der Waals surface area contributed by atoms with Crippen molar-refractivity contribution in [2.24, 2.45) is 5.41 Å². The maximum absolute atomic E-state index is 13.3. The smallest absolute Gasteiger partial charge is 0.337 e. The Kier molecular flexibility index (Phi) is 4.43. The first kappa shape index (κ1) is 19.5. The number of fused-ring (bicyclic) bond motifs is 2. The quantitative estimate of drug-likeness (QED) is 0.696. The van der Waals surface area contributed by atoms with E-state index in [1.165, 1.54) is 7.11 Å². The van der Waals surface area contributed by atoms with Crippen molar-refractivity contribution in [1.29, 1.82) is 0 Å². The van der Waals surface area contributed by atoms with Gasteiger partial charge in [-0.2, -0.15) is 0 Å². The number of methoxy groups -OCH3 is 1. The van der Waals surface area contributed by atoms with E-state index in [9.17, 15) is 9.59 Å². The molecule has 2 aromatic rings. The maximum Gasteiger partial charge on any atom is 0.337 e. The van der Waals surface area contributed by atoms with Crippen LogP contribution in [0, 0.1) is 5.41 Å². The van der Waals surface area contributed by atoms with Crippen molar-refractivity contribution in [2.45, 2.75) is 32.7 Å². The van der Waals surface area contributed by atoms with Gasteiger partial charge in [-0.15, -0.1) is 0 Å². The van der Waals surface area contributed by atoms with Gasteiger partial charge in [0.1, 0.15) is 0 Å². The summed E-state index contributed by atoms with van der Waals surface area (Å²) >= 11 is 0. The molecule has 3 aliphatic rings. The molecule has 1 aliphatic carbocycles. The molecule has 7 nitrogen and oxygen atoms in total. The predicted octanol–water partition coefficient (Wildman–Crippen LogP) is 4.42. The highest BCUT2D eigenvalue weighted by atomic mass is 16.7. The molecule has 0 radical (unpaired) electrons. The number of ether oxygens (including phenoxy) is 3. The second kappa shape index (κ2) is 7.04. The lowest BCUT2D eigenvalue weighted by molar-refractivity contribution is -0.118. The Morgan fingerprint density at radius 1 is 1.06 bits per heavy atom. The van der Waals surface area contributed by atoms with E-state index in [0.29, 0.717) is 29.1 Å². The minimum atomic E-state index is -0.407. The number of carbonyl (C=O) groups is 2. The molecule has 0 fully saturated rings. The molecule has 0 spiro atoms. The summed E-state index contributed by atoms with van der Waals surface area (Å²) in [6.45, 7) is 4.38. The molecule has 5 rings (SSSR count). The van der Waals surface area contributed by atoms with Gasteiger partial charge in [0.05, 0.1) is 30.1 Å². The Morgan fingerprint density at radius 3 is 2.68 bits per heavy atom. The van der Waals surface area contributed by atoms with Crippen molar-refractivity contribution >= 4 is 23.1 Å². The first-order valence-corrected chi connectivity index (χ1v) is 10.3. The van der Waals surface area contributed by atoms with E-state index in [-0.39, 0.29) is 24.0 Å². The summed E-state index contributed by atoms with van der Waals surface area (Å²) in [7, 11) is 1.36. The summed E-state index contributed by atoms with van der Waals surface area (Å²) < 4.78 is 15.9. The average Bonchev–Trinajstić information content (AvgIpc) is 3.13. The minimum Gasteiger partial charge on any atom is -0.465 e. The highest BCUT2D eigenvalue weighted by Gasteiger charge is 2.39. The third-order valence-corrected chi connectivity index (χ3v) is 5.96. The van der Waals surface area contributed by atoms with Crippen LogP contribution < -0.4 is 20.1 Å². The van der Waals surface area contributed by atoms with Gasteiger partial charge in [0.15, 0.2) is 17.3 Å². The molecule has 1 unspecified atom stereocenters. The number of rotatable bonds is 2. The standard InChI is InChI=1S/C24H24N2O5/c1-24(2)10-17-21(18(27)11-24)22(13-5-7-19-20(9-13)31-12-30-19)26-15-6-4-14(23(28)29-3)8-16(15)25-17/h4-9,22,25-26H,10-12H2,1-3H3. The fraction of sp³-hybridized carbons (Fsp3) is 0.333. The van der Waals surface area contributed by atoms with E-state index in [0.717, 1.165) is 29.1 Å². The van der Waals surface area contributed by atoms with Gasteiger partial charge in [-0.25, -0.2) is 4.79 Å². The van der Waals surface area contributed by atoms with Crippen LogP contribution in [0.5, 0.6) is 11.5 Å². The SMILES string of the molecule is COC(=O)c1ccc2c(c1)NC1=C(C(=O)CC(C)(C)C1)C(c1ccc3c(c1)OCO3)N2. The zero-order valence-corrected chi connectivity index (χ0v) is 17.7. The molecule has 2 N–H and O–H groups in total. The van der Waals surface area contributed by atoms with Crippen LogP contribution in [0.4, 0.5) is 11.4 Å². The molecular formula is C24H24N2O5. The summed E-state index contributed by atoms with van der Waals surface area (Å²) in [5.74, 6) is 1.07. The molecule has 2 aromatic carbocycles. The fourth-order valence-corrected chi connectivity index (χ4v) is 4.53. The summed E-state index contributed by atoms with van der Waals surface area (Å²) in [6, 6.07) is 10.7. The van der Waals surface area contributed by atoms with Gasteiger partial charge in [-0.3, -0.25) is 4.79 Å². The van der Waals surface area contributed by atoms with Gasteiger partial charge in [-0.1, -0.05) is 19.9 Å². The Labute approximate surface area is 180 Å². The molecule has 0 aromatic heterocycles. The molecule has 2 heterocycles. The second-order valence-corrected chi connectivity index (χ2v) is 8.90. The zero-order valence-electron chi connectivity index (χ0n) is 17.7. The van der Waals surface area contributed by atoms with E-state index in [1.807, 2.05) is 24.3 Å². The minimum absolute atomic E-state index is 0.106. The Bertz CT molecular complexity index is 1130. The lowest BCUT2D eigenvalue weighted by atomic mass is 9.73. The number of carbonyl (C=O) groups excluding carboxylic acids is 2. The topological polar surface area (TPSA) is 85.9 Å². The number of benzene rings is 2. The predicted molar refractivity (Wildman–Crippen MR) is 115 cm³/mol. The van der Waals surface area contributed by atoms with Crippen LogP contribution in [0.25, 0.3) is 0 Å². The van der Waals surface area contributed by atoms with Crippen molar-refractivity contribution in [1.82, 2.24) is 0 Å².